The third-order valence-corrected chi connectivity index (χ3v) is 3.77. The molecular weight excluding hydrogens is 307 g/mol. The van der Waals surface area contributed by atoms with Crippen molar-refractivity contribution in [3.05, 3.63) is 65.5 Å². The van der Waals surface area contributed by atoms with Crippen molar-refractivity contribution in [1.29, 1.82) is 0 Å². The van der Waals surface area contributed by atoms with Crippen molar-refractivity contribution in [3.8, 4) is 5.75 Å². The average molecular weight is 330 g/mol. The fourth-order valence-electron chi connectivity index (χ4n) is 2.48. The van der Waals surface area contributed by atoms with E-state index >= 15 is 0 Å². The largest absolute Gasteiger partial charge is 0.494 e. The van der Waals surface area contributed by atoms with Crippen LogP contribution in [0.15, 0.2) is 48.5 Å². The highest BCUT2D eigenvalue weighted by Crippen LogP contribution is 2.18. The molecule has 24 heavy (non-hydrogen) atoms. The van der Waals surface area contributed by atoms with E-state index in [0.29, 0.717) is 25.2 Å². The Morgan fingerprint density at radius 2 is 1.92 bits per heavy atom. The van der Waals surface area contributed by atoms with Gasteiger partial charge in [0.15, 0.2) is 11.6 Å². The van der Waals surface area contributed by atoms with Crippen LogP contribution in [0.4, 0.5) is 4.39 Å². The Balaban J connectivity index is 2.07. The lowest BCUT2D eigenvalue weighted by Gasteiger charge is -2.23. The van der Waals surface area contributed by atoms with Crippen LogP contribution in [-0.4, -0.2) is 31.0 Å². The van der Waals surface area contributed by atoms with Crippen molar-refractivity contribution < 1.29 is 13.9 Å². The molecule has 0 aromatic heterocycles. The lowest BCUT2D eigenvalue weighted by atomic mass is 10.1. The minimum Gasteiger partial charge on any atom is -0.494 e. The number of nitrogens with two attached hydrogens (primary N) is 1. The molecule has 0 aliphatic heterocycles. The van der Waals surface area contributed by atoms with Gasteiger partial charge in [0, 0.05) is 13.1 Å². The van der Waals surface area contributed by atoms with Gasteiger partial charge in [-0.1, -0.05) is 36.4 Å². The molecule has 0 heterocycles. The molecular formula is C19H23FN2O2. The van der Waals surface area contributed by atoms with E-state index in [2.05, 4.69) is 0 Å². The van der Waals surface area contributed by atoms with Crippen LogP contribution in [0.25, 0.3) is 0 Å². The van der Waals surface area contributed by atoms with Gasteiger partial charge in [-0.05, 0) is 36.2 Å². The maximum atomic E-state index is 13.8. The van der Waals surface area contributed by atoms with E-state index < -0.39 is 5.82 Å². The summed E-state index contributed by atoms with van der Waals surface area (Å²) < 4.78 is 18.7. The van der Waals surface area contributed by atoms with E-state index in [1.165, 1.54) is 13.2 Å². The van der Waals surface area contributed by atoms with Crippen LogP contribution < -0.4 is 10.5 Å². The van der Waals surface area contributed by atoms with E-state index in [1.807, 2.05) is 30.3 Å². The summed E-state index contributed by atoms with van der Waals surface area (Å²) in [5.74, 6) is -0.327. The summed E-state index contributed by atoms with van der Waals surface area (Å²) in [6, 6.07) is 14.4. The number of hydrogen-bond donors (Lipinski definition) is 1. The molecule has 0 spiro atoms. The van der Waals surface area contributed by atoms with E-state index in [0.717, 1.165) is 12.0 Å². The Morgan fingerprint density at radius 3 is 2.54 bits per heavy atom. The van der Waals surface area contributed by atoms with Gasteiger partial charge in [-0.15, -0.1) is 0 Å². The van der Waals surface area contributed by atoms with Crippen LogP contribution in [0.2, 0.25) is 0 Å². The highest BCUT2D eigenvalue weighted by Gasteiger charge is 2.15. The molecule has 4 nitrogen and oxygen atoms in total. The first-order valence-corrected chi connectivity index (χ1v) is 7.98. The smallest absolute Gasteiger partial charge is 0.227 e. The van der Waals surface area contributed by atoms with Gasteiger partial charge < -0.3 is 15.4 Å². The molecule has 2 rings (SSSR count). The molecule has 0 unspecified atom stereocenters. The number of halogens is 1. The summed E-state index contributed by atoms with van der Waals surface area (Å²) in [4.78, 5) is 14.4. The molecule has 0 saturated heterocycles. The Labute approximate surface area is 142 Å². The summed E-state index contributed by atoms with van der Waals surface area (Å²) in [5.41, 5.74) is 7.26. The van der Waals surface area contributed by atoms with Crippen molar-refractivity contribution in [2.24, 2.45) is 5.73 Å². The van der Waals surface area contributed by atoms with Crippen molar-refractivity contribution in [1.82, 2.24) is 4.90 Å². The topological polar surface area (TPSA) is 55.6 Å². The lowest BCUT2D eigenvalue weighted by molar-refractivity contribution is -0.131. The molecule has 1 amide bonds. The predicted octanol–water partition coefficient (Wildman–Crippen LogP) is 2.75. The maximum absolute atomic E-state index is 13.8. The van der Waals surface area contributed by atoms with E-state index in [9.17, 15) is 9.18 Å². The zero-order chi connectivity index (χ0) is 17.4. The van der Waals surface area contributed by atoms with Gasteiger partial charge in [0.25, 0.3) is 0 Å². The number of carbonyl (C=O) groups excluding carboxylic acids is 1. The summed E-state index contributed by atoms with van der Waals surface area (Å²) in [7, 11) is 1.41. The normalized spacial score (nSPS) is 10.5. The first-order valence-electron chi connectivity index (χ1n) is 7.98. The van der Waals surface area contributed by atoms with Gasteiger partial charge in [0.05, 0.1) is 13.5 Å². The SMILES string of the molecule is COc1ccc(CC(=O)N(CCCN)Cc2ccccc2)cc1F. The second-order valence-corrected chi connectivity index (χ2v) is 5.59. The second-order valence-electron chi connectivity index (χ2n) is 5.59. The molecule has 0 atom stereocenters. The number of amides is 1. The van der Waals surface area contributed by atoms with Gasteiger partial charge in [-0.3, -0.25) is 4.79 Å². The molecule has 0 aliphatic carbocycles. The summed E-state index contributed by atoms with van der Waals surface area (Å²) in [5, 5.41) is 0. The number of ether oxygens (including phenoxy) is 1. The number of hydrogen-bond acceptors (Lipinski definition) is 3. The van der Waals surface area contributed by atoms with Crippen molar-refractivity contribution in [2.75, 3.05) is 20.2 Å². The molecule has 0 aliphatic rings. The Morgan fingerprint density at radius 1 is 1.17 bits per heavy atom. The number of benzene rings is 2. The van der Waals surface area contributed by atoms with Crippen molar-refractivity contribution in [3.63, 3.8) is 0 Å². The maximum Gasteiger partial charge on any atom is 0.227 e. The van der Waals surface area contributed by atoms with Gasteiger partial charge in [-0.25, -0.2) is 4.39 Å². The van der Waals surface area contributed by atoms with Gasteiger partial charge in [-0.2, -0.15) is 0 Å². The van der Waals surface area contributed by atoms with Crippen LogP contribution in [0.3, 0.4) is 0 Å². The Bertz CT molecular complexity index is 662. The molecule has 0 radical (unpaired) electrons. The summed E-state index contributed by atoms with van der Waals surface area (Å²) in [6.45, 7) is 1.64. The van der Waals surface area contributed by atoms with E-state index in [1.54, 1.807) is 17.0 Å². The standard InChI is InChI=1S/C19H23FN2O2/c1-24-18-9-8-16(12-17(18)20)13-19(23)22(11-5-10-21)14-15-6-3-2-4-7-15/h2-4,6-9,12H,5,10-11,13-14,21H2,1H3. The minimum atomic E-state index is -0.459. The van der Waals surface area contributed by atoms with E-state index in [4.69, 9.17) is 10.5 Å². The third-order valence-electron chi connectivity index (χ3n) is 3.77. The van der Waals surface area contributed by atoms with Gasteiger partial charge in [0.2, 0.25) is 5.91 Å². The zero-order valence-corrected chi connectivity index (χ0v) is 13.9. The Hall–Kier alpha value is -2.40. The fraction of sp³-hybridized carbons (Fsp3) is 0.316. The van der Waals surface area contributed by atoms with E-state index in [-0.39, 0.29) is 18.1 Å². The van der Waals surface area contributed by atoms with Crippen LogP contribution in [0.1, 0.15) is 17.5 Å². The molecule has 2 aromatic rings. The third kappa shape index (κ3) is 5.06. The molecule has 0 bridgehead atoms. The first kappa shape index (κ1) is 17.9. The van der Waals surface area contributed by atoms with Crippen LogP contribution in [0.5, 0.6) is 5.75 Å². The molecule has 5 heteroatoms. The minimum absolute atomic E-state index is 0.0446. The molecule has 2 aromatic carbocycles. The Kier molecular flexibility index (Phi) is 6.75. The molecule has 0 saturated carbocycles. The van der Waals surface area contributed by atoms with Crippen molar-refractivity contribution >= 4 is 5.91 Å². The number of methoxy groups -OCH3 is 1. The lowest BCUT2D eigenvalue weighted by Crippen LogP contribution is -2.33. The number of carbonyl (C=O) groups is 1. The number of rotatable bonds is 8. The zero-order valence-electron chi connectivity index (χ0n) is 13.9. The monoisotopic (exact) mass is 330 g/mol. The van der Waals surface area contributed by atoms with Gasteiger partial charge in [0.1, 0.15) is 0 Å². The summed E-state index contributed by atoms with van der Waals surface area (Å²) >= 11 is 0. The second kappa shape index (κ2) is 9.03. The molecule has 0 fully saturated rings. The molecule has 128 valence electrons. The van der Waals surface area contributed by atoms with Crippen LogP contribution >= 0.6 is 0 Å². The number of nitrogens with zero attached hydrogens (tertiary/aromatic N) is 1. The average Bonchev–Trinajstić information content (AvgIpc) is 2.59. The van der Waals surface area contributed by atoms with Crippen LogP contribution in [-0.2, 0) is 17.8 Å². The molecule has 2 N–H and O–H groups in total. The summed E-state index contributed by atoms with van der Waals surface area (Å²) in [6.07, 6.45) is 0.883. The first-order chi connectivity index (χ1) is 11.6. The predicted molar refractivity (Wildman–Crippen MR) is 92.2 cm³/mol. The highest BCUT2D eigenvalue weighted by molar-refractivity contribution is 5.78. The van der Waals surface area contributed by atoms with Crippen LogP contribution in [0, 0.1) is 5.82 Å². The highest BCUT2D eigenvalue weighted by atomic mass is 19.1. The quantitative estimate of drug-likeness (QED) is 0.810. The fourth-order valence-corrected chi connectivity index (χ4v) is 2.48. The van der Waals surface area contributed by atoms with Crippen molar-refractivity contribution in [2.45, 2.75) is 19.4 Å². The van der Waals surface area contributed by atoms with Gasteiger partial charge >= 0.3 is 0 Å².